The Morgan fingerprint density at radius 1 is 1.20 bits per heavy atom. The van der Waals surface area contributed by atoms with Crippen molar-refractivity contribution in [3.8, 4) is 6.07 Å². The van der Waals surface area contributed by atoms with Gasteiger partial charge in [-0.2, -0.15) is 5.26 Å². The van der Waals surface area contributed by atoms with Crippen molar-refractivity contribution in [1.82, 2.24) is 25.3 Å². The number of fused-ring (bicyclic) bond motifs is 1. The van der Waals surface area contributed by atoms with Crippen molar-refractivity contribution in [3.05, 3.63) is 47.5 Å². The minimum absolute atomic E-state index is 0.0594. The first-order valence-corrected chi connectivity index (χ1v) is 6.08. The Hall–Kier alpha value is -3.01. The highest BCUT2D eigenvalue weighted by molar-refractivity contribution is 5.44. The number of hydrogen-bond donors (Lipinski definition) is 1. The minimum atomic E-state index is 0.0594. The van der Waals surface area contributed by atoms with Gasteiger partial charge in [-0.15, -0.1) is 14.8 Å². The molecule has 0 aliphatic carbocycles. The third-order valence-electron chi connectivity index (χ3n) is 2.97. The van der Waals surface area contributed by atoms with Crippen LogP contribution in [0, 0.1) is 11.3 Å². The molecule has 1 unspecified atom stereocenters. The van der Waals surface area contributed by atoms with Gasteiger partial charge in [-0.1, -0.05) is 12.1 Å². The highest BCUT2D eigenvalue weighted by atomic mass is 15.6. The smallest absolute Gasteiger partial charge is 0.200 e. The molecule has 98 valence electrons. The van der Waals surface area contributed by atoms with E-state index in [0.717, 1.165) is 5.56 Å². The van der Waals surface area contributed by atoms with E-state index in [-0.39, 0.29) is 6.04 Å². The molecule has 3 rings (SSSR count). The highest BCUT2D eigenvalue weighted by Crippen LogP contribution is 2.18. The third-order valence-corrected chi connectivity index (χ3v) is 2.97. The molecule has 1 atom stereocenters. The number of nitriles is 1. The molecule has 0 aliphatic rings. The van der Waals surface area contributed by atoms with Crippen LogP contribution in [0.5, 0.6) is 0 Å². The maximum atomic E-state index is 8.79. The van der Waals surface area contributed by atoms with Gasteiger partial charge in [0, 0.05) is 6.04 Å². The summed E-state index contributed by atoms with van der Waals surface area (Å²) in [4.78, 5) is 0. The SMILES string of the molecule is CC(Nc1ccc2nnnn2n1)c1ccc(C#N)cc1. The maximum absolute atomic E-state index is 8.79. The molecule has 7 heteroatoms. The number of anilines is 1. The normalized spacial score (nSPS) is 12.0. The number of rotatable bonds is 3. The summed E-state index contributed by atoms with van der Waals surface area (Å²) in [5.74, 6) is 0.682. The fourth-order valence-corrected chi connectivity index (χ4v) is 1.88. The van der Waals surface area contributed by atoms with E-state index in [4.69, 9.17) is 5.26 Å². The van der Waals surface area contributed by atoms with E-state index in [9.17, 15) is 0 Å². The van der Waals surface area contributed by atoms with Gasteiger partial charge in [-0.05, 0) is 47.2 Å². The van der Waals surface area contributed by atoms with Crippen LogP contribution < -0.4 is 5.32 Å². The van der Waals surface area contributed by atoms with E-state index in [1.165, 1.54) is 4.63 Å². The first-order chi connectivity index (χ1) is 9.76. The number of tetrazole rings is 1. The molecule has 0 radical (unpaired) electrons. The predicted octanol–water partition coefficient (Wildman–Crippen LogP) is 1.56. The largest absolute Gasteiger partial charge is 0.362 e. The molecule has 0 fully saturated rings. The lowest BCUT2D eigenvalue weighted by molar-refractivity contribution is 0.728. The molecule has 2 heterocycles. The fraction of sp³-hybridized carbons (Fsp3) is 0.154. The van der Waals surface area contributed by atoms with Gasteiger partial charge in [0.25, 0.3) is 0 Å². The van der Waals surface area contributed by atoms with Crippen LogP contribution in [-0.4, -0.2) is 25.3 Å². The van der Waals surface area contributed by atoms with Gasteiger partial charge in [0.2, 0.25) is 0 Å². The van der Waals surface area contributed by atoms with Crippen LogP contribution in [0.15, 0.2) is 36.4 Å². The van der Waals surface area contributed by atoms with Crippen molar-refractivity contribution in [1.29, 1.82) is 5.26 Å². The summed E-state index contributed by atoms with van der Waals surface area (Å²) < 4.78 is 1.37. The summed E-state index contributed by atoms with van der Waals surface area (Å²) in [7, 11) is 0. The Morgan fingerprint density at radius 2 is 2.00 bits per heavy atom. The van der Waals surface area contributed by atoms with Gasteiger partial charge in [-0.25, -0.2) is 0 Å². The molecule has 1 N–H and O–H groups in total. The summed E-state index contributed by atoms with van der Waals surface area (Å²) >= 11 is 0. The Bertz CT molecular complexity index is 769. The molecular weight excluding hydrogens is 254 g/mol. The maximum Gasteiger partial charge on any atom is 0.200 e. The minimum Gasteiger partial charge on any atom is -0.362 e. The molecule has 0 spiro atoms. The lowest BCUT2D eigenvalue weighted by Gasteiger charge is -2.14. The zero-order valence-corrected chi connectivity index (χ0v) is 10.7. The third kappa shape index (κ3) is 2.27. The summed E-state index contributed by atoms with van der Waals surface area (Å²) in [6.07, 6.45) is 0. The van der Waals surface area contributed by atoms with E-state index in [2.05, 4.69) is 32.0 Å². The first-order valence-electron chi connectivity index (χ1n) is 6.08. The van der Waals surface area contributed by atoms with E-state index in [1.54, 1.807) is 18.2 Å². The zero-order valence-electron chi connectivity index (χ0n) is 10.7. The van der Waals surface area contributed by atoms with Crippen LogP contribution >= 0.6 is 0 Å². The fourth-order valence-electron chi connectivity index (χ4n) is 1.88. The van der Waals surface area contributed by atoms with E-state index in [1.807, 2.05) is 25.1 Å². The predicted molar refractivity (Wildman–Crippen MR) is 71.8 cm³/mol. The molecule has 20 heavy (non-hydrogen) atoms. The van der Waals surface area contributed by atoms with Crippen molar-refractivity contribution < 1.29 is 0 Å². The second kappa shape index (κ2) is 4.93. The highest BCUT2D eigenvalue weighted by Gasteiger charge is 2.07. The summed E-state index contributed by atoms with van der Waals surface area (Å²) in [5, 5.41) is 27.4. The van der Waals surface area contributed by atoms with Crippen molar-refractivity contribution in [2.75, 3.05) is 5.32 Å². The van der Waals surface area contributed by atoms with Gasteiger partial charge in [-0.3, -0.25) is 0 Å². The topological polar surface area (TPSA) is 91.8 Å². The van der Waals surface area contributed by atoms with Gasteiger partial charge < -0.3 is 5.32 Å². The van der Waals surface area contributed by atoms with Crippen molar-refractivity contribution in [2.45, 2.75) is 13.0 Å². The van der Waals surface area contributed by atoms with E-state index in [0.29, 0.717) is 17.0 Å². The number of nitrogens with zero attached hydrogens (tertiary/aromatic N) is 6. The Labute approximate surface area is 114 Å². The van der Waals surface area contributed by atoms with Crippen LogP contribution in [0.3, 0.4) is 0 Å². The monoisotopic (exact) mass is 265 g/mol. The quantitative estimate of drug-likeness (QED) is 0.772. The van der Waals surface area contributed by atoms with Crippen LogP contribution in [-0.2, 0) is 0 Å². The summed E-state index contributed by atoms with van der Waals surface area (Å²) in [6, 6.07) is 13.2. The Morgan fingerprint density at radius 3 is 2.75 bits per heavy atom. The van der Waals surface area contributed by atoms with Crippen LogP contribution in [0.1, 0.15) is 24.1 Å². The Balaban J connectivity index is 1.80. The second-order valence-electron chi connectivity index (χ2n) is 4.34. The lowest BCUT2D eigenvalue weighted by atomic mass is 10.1. The van der Waals surface area contributed by atoms with Crippen molar-refractivity contribution >= 4 is 11.5 Å². The second-order valence-corrected chi connectivity index (χ2v) is 4.34. The average Bonchev–Trinajstić information content (AvgIpc) is 2.95. The van der Waals surface area contributed by atoms with Gasteiger partial charge in [0.15, 0.2) is 5.65 Å². The summed E-state index contributed by atoms with van der Waals surface area (Å²) in [6.45, 7) is 2.02. The molecule has 0 amide bonds. The van der Waals surface area contributed by atoms with E-state index < -0.39 is 0 Å². The average molecular weight is 265 g/mol. The number of nitrogens with one attached hydrogen (secondary N) is 1. The molecule has 0 saturated carbocycles. The summed E-state index contributed by atoms with van der Waals surface area (Å²) in [5.41, 5.74) is 2.32. The molecule has 1 aromatic carbocycles. The molecule has 3 aromatic rings. The molecular formula is C13H11N7. The van der Waals surface area contributed by atoms with Crippen molar-refractivity contribution in [3.63, 3.8) is 0 Å². The number of benzene rings is 1. The molecule has 0 bridgehead atoms. The molecule has 2 aromatic heterocycles. The van der Waals surface area contributed by atoms with Crippen LogP contribution in [0.2, 0.25) is 0 Å². The first kappa shape index (κ1) is 12.0. The van der Waals surface area contributed by atoms with Gasteiger partial charge in [0.1, 0.15) is 5.82 Å². The van der Waals surface area contributed by atoms with Gasteiger partial charge >= 0.3 is 0 Å². The van der Waals surface area contributed by atoms with E-state index >= 15 is 0 Å². The van der Waals surface area contributed by atoms with Crippen molar-refractivity contribution in [2.24, 2.45) is 0 Å². The van der Waals surface area contributed by atoms with Gasteiger partial charge in [0.05, 0.1) is 11.6 Å². The Kier molecular flexibility index (Phi) is 2.97. The molecule has 7 nitrogen and oxygen atoms in total. The number of hydrogen-bond acceptors (Lipinski definition) is 6. The van der Waals surface area contributed by atoms with Crippen LogP contribution in [0.4, 0.5) is 5.82 Å². The standard InChI is InChI=1S/C13H11N7/c1-9(11-4-2-10(8-14)3-5-11)15-12-6-7-13-16-18-19-20(13)17-12/h2-7,9H,1H3,(H,15,17). The lowest BCUT2D eigenvalue weighted by Crippen LogP contribution is -2.09. The molecule has 0 aliphatic heterocycles. The molecule has 0 saturated heterocycles. The zero-order chi connectivity index (χ0) is 13.9. The number of aromatic nitrogens is 5. The van der Waals surface area contributed by atoms with Crippen LogP contribution in [0.25, 0.3) is 5.65 Å².